The third-order valence-electron chi connectivity index (χ3n) is 6.32. The number of hydrogen-bond acceptors (Lipinski definition) is 2. The number of nitrogen functional groups attached to an aromatic ring is 2. The molecule has 0 aromatic heterocycles. The molecule has 5 rings (SSSR count). The van der Waals surface area contributed by atoms with Gasteiger partial charge in [0.2, 0.25) is 0 Å². The van der Waals surface area contributed by atoms with Crippen molar-refractivity contribution in [3.05, 3.63) is 57.6 Å². The number of benzene rings is 2. The minimum atomic E-state index is 0.0338. The zero-order chi connectivity index (χ0) is 15.9. The number of anilines is 2. The summed E-state index contributed by atoms with van der Waals surface area (Å²) in [4.78, 5) is 0. The Balaban J connectivity index is 2.13. The lowest BCUT2D eigenvalue weighted by Gasteiger charge is -2.53. The van der Waals surface area contributed by atoms with Crippen LogP contribution in [-0.4, -0.2) is 0 Å². The number of fused-ring (bicyclic) bond motifs is 1. The van der Waals surface area contributed by atoms with Crippen molar-refractivity contribution < 1.29 is 0 Å². The topological polar surface area (TPSA) is 52.0 Å². The highest BCUT2D eigenvalue weighted by Gasteiger charge is 2.51. The van der Waals surface area contributed by atoms with E-state index < -0.39 is 0 Å². The molecule has 4 N–H and O–H groups in total. The molecule has 0 saturated carbocycles. The average molecular weight is 292 g/mol. The average Bonchev–Trinajstić information content (AvgIpc) is 2.46. The van der Waals surface area contributed by atoms with Crippen LogP contribution in [-0.2, 0) is 10.8 Å². The minimum absolute atomic E-state index is 0.0338. The molecule has 2 bridgehead atoms. The molecule has 0 saturated heterocycles. The molecule has 3 aliphatic carbocycles. The minimum Gasteiger partial charge on any atom is -0.399 e. The molecule has 2 aromatic rings. The molecule has 22 heavy (non-hydrogen) atoms. The maximum Gasteiger partial charge on any atom is 0.0347 e. The molecular formula is C20H24N2. The Bertz CT molecular complexity index is 689. The van der Waals surface area contributed by atoms with Gasteiger partial charge in [-0.1, -0.05) is 26.0 Å². The van der Waals surface area contributed by atoms with Crippen LogP contribution in [0.1, 0.15) is 60.1 Å². The largest absolute Gasteiger partial charge is 0.399 e. The molecule has 0 heterocycles. The number of nitrogens with two attached hydrogens (primary N) is 2. The van der Waals surface area contributed by atoms with Gasteiger partial charge in [-0.2, -0.15) is 0 Å². The van der Waals surface area contributed by atoms with Crippen LogP contribution < -0.4 is 11.5 Å². The third kappa shape index (κ3) is 1.41. The van der Waals surface area contributed by atoms with E-state index in [2.05, 4.69) is 52.0 Å². The van der Waals surface area contributed by atoms with Gasteiger partial charge in [-0.25, -0.2) is 0 Å². The third-order valence-corrected chi connectivity index (χ3v) is 6.32. The Morgan fingerprint density at radius 3 is 1.36 bits per heavy atom. The summed E-state index contributed by atoms with van der Waals surface area (Å²) in [5.74, 6) is 0. The number of hydrogen-bond donors (Lipinski definition) is 2. The van der Waals surface area contributed by atoms with Crippen LogP contribution in [0.2, 0.25) is 0 Å². The predicted octanol–water partition coefficient (Wildman–Crippen LogP) is 4.19. The number of aryl methyl sites for hydroxylation is 2. The zero-order valence-corrected chi connectivity index (χ0v) is 13.9. The predicted molar refractivity (Wildman–Crippen MR) is 93.3 cm³/mol. The highest BCUT2D eigenvalue weighted by molar-refractivity contribution is 5.69. The Morgan fingerprint density at radius 2 is 1.00 bits per heavy atom. The summed E-state index contributed by atoms with van der Waals surface area (Å²) >= 11 is 0. The summed E-state index contributed by atoms with van der Waals surface area (Å²) < 4.78 is 0. The summed E-state index contributed by atoms with van der Waals surface area (Å²) in [5, 5.41) is 0. The molecule has 0 amide bonds. The molecule has 3 aliphatic rings. The van der Waals surface area contributed by atoms with Gasteiger partial charge in [0.15, 0.2) is 0 Å². The zero-order valence-electron chi connectivity index (χ0n) is 13.9. The molecule has 2 heteroatoms. The molecule has 0 fully saturated rings. The summed E-state index contributed by atoms with van der Waals surface area (Å²) in [6.45, 7) is 8.96. The van der Waals surface area contributed by atoms with Crippen molar-refractivity contribution in [3.8, 4) is 0 Å². The molecule has 0 unspecified atom stereocenters. The molecule has 114 valence electrons. The molecule has 0 spiro atoms. The van der Waals surface area contributed by atoms with Gasteiger partial charge in [0.25, 0.3) is 0 Å². The van der Waals surface area contributed by atoms with Crippen molar-refractivity contribution in [3.63, 3.8) is 0 Å². The Hall–Kier alpha value is -1.96. The van der Waals surface area contributed by atoms with Crippen LogP contribution in [0.25, 0.3) is 0 Å². The molecule has 0 aliphatic heterocycles. The van der Waals surface area contributed by atoms with E-state index >= 15 is 0 Å². The van der Waals surface area contributed by atoms with Gasteiger partial charge < -0.3 is 11.5 Å². The Labute approximate surface area is 132 Å². The molecule has 2 nitrogen and oxygen atoms in total. The van der Waals surface area contributed by atoms with E-state index in [1.807, 2.05) is 0 Å². The lowest BCUT2D eigenvalue weighted by molar-refractivity contribution is 0.327. The van der Waals surface area contributed by atoms with Crippen LogP contribution in [0.5, 0.6) is 0 Å². The van der Waals surface area contributed by atoms with E-state index in [0.29, 0.717) is 0 Å². The van der Waals surface area contributed by atoms with Crippen molar-refractivity contribution in [1.29, 1.82) is 0 Å². The van der Waals surface area contributed by atoms with Crippen molar-refractivity contribution in [2.75, 3.05) is 11.5 Å². The maximum atomic E-state index is 6.23. The molecule has 0 atom stereocenters. The normalized spacial score (nSPS) is 28.4. The smallest absolute Gasteiger partial charge is 0.0347 e. The van der Waals surface area contributed by atoms with Gasteiger partial charge in [0, 0.05) is 22.2 Å². The molecule has 2 aromatic carbocycles. The first-order valence-corrected chi connectivity index (χ1v) is 8.09. The number of rotatable bonds is 0. The standard InChI is InChI=1S/C20H24N2/c1-11-7-13-15(9-17(11)21)20(4)6-5-19(13,3)14-8-12(2)18(22)10-16(14)20/h7-10H,5-6,21-22H2,1-4H3. The lowest BCUT2D eigenvalue weighted by atomic mass is 9.50. The van der Waals surface area contributed by atoms with Crippen molar-refractivity contribution >= 4 is 11.4 Å². The fourth-order valence-electron chi connectivity index (χ4n) is 4.60. The molecule has 0 radical (unpaired) electrons. The first kappa shape index (κ1) is 13.7. The van der Waals surface area contributed by atoms with Crippen LogP contribution in [0.4, 0.5) is 11.4 Å². The van der Waals surface area contributed by atoms with E-state index in [1.54, 1.807) is 0 Å². The van der Waals surface area contributed by atoms with E-state index in [9.17, 15) is 0 Å². The first-order valence-electron chi connectivity index (χ1n) is 8.09. The fraction of sp³-hybridized carbons (Fsp3) is 0.400. The van der Waals surface area contributed by atoms with Gasteiger partial charge in [0.05, 0.1) is 0 Å². The summed E-state index contributed by atoms with van der Waals surface area (Å²) in [6, 6.07) is 9.05. The summed E-state index contributed by atoms with van der Waals surface area (Å²) in [7, 11) is 0. The SMILES string of the molecule is Cc1cc2c(cc1N)C1(C)CCC2(C)c2cc(C)c(N)cc21. The second-order valence-corrected chi connectivity index (χ2v) is 7.67. The second kappa shape index (κ2) is 3.87. The van der Waals surface area contributed by atoms with E-state index in [1.165, 1.54) is 39.8 Å². The van der Waals surface area contributed by atoms with Crippen LogP contribution in [0.15, 0.2) is 24.3 Å². The van der Waals surface area contributed by atoms with E-state index in [4.69, 9.17) is 11.5 Å². The summed E-state index contributed by atoms with van der Waals surface area (Å²) in [5.41, 5.74) is 22.5. The quantitative estimate of drug-likeness (QED) is 0.715. The Kier molecular flexibility index (Phi) is 2.40. The highest BCUT2D eigenvalue weighted by Crippen LogP contribution is 2.60. The van der Waals surface area contributed by atoms with Crippen LogP contribution in [0.3, 0.4) is 0 Å². The summed E-state index contributed by atoms with van der Waals surface area (Å²) in [6.07, 6.45) is 2.35. The van der Waals surface area contributed by atoms with Crippen molar-refractivity contribution in [1.82, 2.24) is 0 Å². The Morgan fingerprint density at radius 1 is 0.682 bits per heavy atom. The fourth-order valence-corrected chi connectivity index (χ4v) is 4.60. The van der Waals surface area contributed by atoms with Gasteiger partial charge in [0.1, 0.15) is 0 Å². The van der Waals surface area contributed by atoms with E-state index in [0.717, 1.165) is 17.8 Å². The van der Waals surface area contributed by atoms with Gasteiger partial charge in [-0.3, -0.25) is 0 Å². The molecular weight excluding hydrogens is 268 g/mol. The monoisotopic (exact) mass is 292 g/mol. The van der Waals surface area contributed by atoms with Crippen LogP contribution >= 0.6 is 0 Å². The lowest BCUT2D eigenvalue weighted by Crippen LogP contribution is -2.46. The van der Waals surface area contributed by atoms with Crippen molar-refractivity contribution in [2.24, 2.45) is 0 Å². The van der Waals surface area contributed by atoms with E-state index in [-0.39, 0.29) is 10.8 Å². The van der Waals surface area contributed by atoms with Crippen LogP contribution in [0, 0.1) is 13.8 Å². The first-order chi connectivity index (χ1) is 10.3. The van der Waals surface area contributed by atoms with Gasteiger partial charge in [-0.05, 0) is 72.2 Å². The second-order valence-electron chi connectivity index (χ2n) is 7.67. The highest BCUT2D eigenvalue weighted by atomic mass is 14.6. The van der Waals surface area contributed by atoms with Gasteiger partial charge in [-0.15, -0.1) is 0 Å². The van der Waals surface area contributed by atoms with Gasteiger partial charge >= 0.3 is 0 Å². The maximum absolute atomic E-state index is 6.23. The van der Waals surface area contributed by atoms with Crippen molar-refractivity contribution in [2.45, 2.75) is 51.4 Å².